The highest BCUT2D eigenvalue weighted by Crippen LogP contribution is 2.03. The molecule has 2 N–H and O–H groups in total. The summed E-state index contributed by atoms with van der Waals surface area (Å²) >= 11 is 0. The monoisotopic (exact) mass is 358 g/mol. The fraction of sp³-hybridized carbons (Fsp3) is 0.111. The Morgan fingerprint density at radius 3 is 1.54 bits per heavy atom. The number of carbonyl (C=O) groups is 2. The van der Waals surface area contributed by atoms with Gasteiger partial charge < -0.3 is 0 Å². The molecule has 0 atom stereocenters. The zero-order valence-electron chi connectivity index (χ0n) is 13.7. The van der Waals surface area contributed by atoms with Crippen LogP contribution in [0.2, 0.25) is 0 Å². The molecule has 0 aliphatic rings. The van der Waals surface area contributed by atoms with E-state index in [0.29, 0.717) is 0 Å². The van der Waals surface area contributed by atoms with Crippen molar-refractivity contribution in [2.45, 2.75) is 12.8 Å². The largest absolute Gasteiger partial charge is 0.273 e. The molecule has 0 saturated heterocycles. The Bertz CT molecular complexity index is 768. The third-order valence-corrected chi connectivity index (χ3v) is 3.18. The summed E-state index contributed by atoms with van der Waals surface area (Å²) in [5.74, 6) is -1.94. The fourth-order valence-corrected chi connectivity index (χ4v) is 1.85. The lowest BCUT2D eigenvalue weighted by atomic mass is 10.2. The summed E-state index contributed by atoms with van der Waals surface area (Å²) in [5.41, 5.74) is 4.86. The van der Waals surface area contributed by atoms with Crippen LogP contribution in [0.15, 0.2) is 58.7 Å². The van der Waals surface area contributed by atoms with Crippen molar-refractivity contribution in [1.29, 1.82) is 0 Å². The fourth-order valence-electron chi connectivity index (χ4n) is 1.85. The number of hydrazone groups is 2. The third kappa shape index (κ3) is 6.23. The van der Waals surface area contributed by atoms with E-state index in [4.69, 9.17) is 0 Å². The highest BCUT2D eigenvalue weighted by Gasteiger charge is 2.05. The zero-order valence-corrected chi connectivity index (χ0v) is 13.7. The summed E-state index contributed by atoms with van der Waals surface area (Å²) in [5, 5.41) is 7.25. The number of hydrogen-bond acceptors (Lipinski definition) is 4. The molecule has 2 aromatic carbocycles. The van der Waals surface area contributed by atoms with Gasteiger partial charge in [0.2, 0.25) is 11.8 Å². The number of carbonyl (C=O) groups excluding carboxylic acids is 2. The maximum absolute atomic E-state index is 13.3. The molecular weight excluding hydrogens is 342 g/mol. The molecule has 6 nitrogen and oxygen atoms in total. The van der Waals surface area contributed by atoms with E-state index in [0.717, 1.165) is 0 Å². The highest BCUT2D eigenvalue weighted by atomic mass is 19.1. The molecule has 26 heavy (non-hydrogen) atoms. The van der Waals surface area contributed by atoms with Gasteiger partial charge >= 0.3 is 0 Å². The Labute approximate surface area is 148 Å². The molecule has 0 aliphatic carbocycles. The van der Waals surface area contributed by atoms with E-state index in [1.54, 1.807) is 24.3 Å². The van der Waals surface area contributed by atoms with Crippen LogP contribution in [0.4, 0.5) is 8.78 Å². The second kappa shape index (κ2) is 9.77. The van der Waals surface area contributed by atoms with Crippen molar-refractivity contribution in [1.82, 2.24) is 10.9 Å². The Morgan fingerprint density at radius 1 is 0.769 bits per heavy atom. The SMILES string of the molecule is O=C(CCC(=O)NN=Cc1ccccc1F)NN=Cc1ccccc1F. The quantitative estimate of drug-likeness (QED) is 0.588. The Balaban J connectivity index is 1.71. The highest BCUT2D eigenvalue weighted by molar-refractivity contribution is 5.86. The first-order chi connectivity index (χ1) is 12.6. The van der Waals surface area contributed by atoms with E-state index in [1.165, 1.54) is 36.7 Å². The second-order valence-corrected chi connectivity index (χ2v) is 5.13. The second-order valence-electron chi connectivity index (χ2n) is 5.13. The molecular formula is C18H16F2N4O2. The van der Waals surface area contributed by atoms with E-state index >= 15 is 0 Å². The number of halogens is 2. The standard InChI is InChI=1S/C18H16F2N4O2/c19-15-7-3-1-5-13(15)11-21-23-17(25)9-10-18(26)24-22-12-14-6-2-4-8-16(14)20/h1-8,11-12H,9-10H2,(H,23,25)(H,24,26). The van der Waals surface area contributed by atoms with Crippen LogP contribution < -0.4 is 10.9 Å². The lowest BCUT2D eigenvalue weighted by Crippen LogP contribution is -2.23. The minimum absolute atomic E-state index is 0.129. The smallest absolute Gasteiger partial charge is 0.240 e. The van der Waals surface area contributed by atoms with E-state index < -0.39 is 23.4 Å². The van der Waals surface area contributed by atoms with Crippen molar-refractivity contribution >= 4 is 24.2 Å². The molecule has 0 spiro atoms. The number of hydrogen-bond donors (Lipinski definition) is 2. The molecule has 0 bridgehead atoms. The van der Waals surface area contributed by atoms with Gasteiger partial charge in [-0.3, -0.25) is 9.59 Å². The Kier molecular flexibility index (Phi) is 7.11. The van der Waals surface area contributed by atoms with Gasteiger partial charge in [-0.25, -0.2) is 19.6 Å². The average Bonchev–Trinajstić information content (AvgIpc) is 2.63. The van der Waals surface area contributed by atoms with Gasteiger partial charge in [-0.2, -0.15) is 10.2 Å². The number of nitrogens with zero attached hydrogens (tertiary/aromatic N) is 2. The summed E-state index contributed by atoms with van der Waals surface area (Å²) in [7, 11) is 0. The van der Waals surface area contributed by atoms with E-state index in [-0.39, 0.29) is 24.0 Å². The molecule has 2 rings (SSSR count). The molecule has 0 aromatic heterocycles. The van der Waals surface area contributed by atoms with Crippen LogP contribution in [-0.4, -0.2) is 24.2 Å². The van der Waals surface area contributed by atoms with Crippen LogP contribution in [0.3, 0.4) is 0 Å². The molecule has 134 valence electrons. The molecule has 0 heterocycles. The van der Waals surface area contributed by atoms with Gasteiger partial charge in [0, 0.05) is 24.0 Å². The average molecular weight is 358 g/mol. The van der Waals surface area contributed by atoms with E-state index in [9.17, 15) is 18.4 Å². The van der Waals surface area contributed by atoms with Gasteiger partial charge in [0.05, 0.1) is 12.4 Å². The Morgan fingerprint density at radius 2 is 1.15 bits per heavy atom. The van der Waals surface area contributed by atoms with Crippen LogP contribution >= 0.6 is 0 Å². The van der Waals surface area contributed by atoms with Gasteiger partial charge in [0.1, 0.15) is 11.6 Å². The summed E-state index contributed by atoms with van der Waals surface area (Å²) in [6, 6.07) is 11.9. The van der Waals surface area contributed by atoms with Crippen LogP contribution in [0.1, 0.15) is 24.0 Å². The molecule has 0 fully saturated rings. The topological polar surface area (TPSA) is 82.9 Å². The lowest BCUT2D eigenvalue weighted by Gasteiger charge is -2.00. The van der Waals surface area contributed by atoms with Crippen molar-refractivity contribution < 1.29 is 18.4 Å². The minimum atomic E-state index is -0.508. The van der Waals surface area contributed by atoms with Crippen LogP contribution in [-0.2, 0) is 9.59 Å². The van der Waals surface area contributed by atoms with Gasteiger partial charge in [0.25, 0.3) is 0 Å². The summed E-state index contributed by atoms with van der Waals surface area (Å²) in [6.45, 7) is 0. The maximum atomic E-state index is 13.3. The molecule has 0 aliphatic heterocycles. The predicted octanol–water partition coefficient (Wildman–Crippen LogP) is 2.35. The summed E-state index contributed by atoms with van der Waals surface area (Å²) < 4.78 is 26.7. The minimum Gasteiger partial charge on any atom is -0.273 e. The third-order valence-electron chi connectivity index (χ3n) is 3.18. The van der Waals surface area contributed by atoms with E-state index in [2.05, 4.69) is 21.1 Å². The zero-order chi connectivity index (χ0) is 18.8. The van der Waals surface area contributed by atoms with Gasteiger partial charge in [-0.05, 0) is 12.1 Å². The molecule has 0 radical (unpaired) electrons. The van der Waals surface area contributed by atoms with Crippen LogP contribution in [0.5, 0.6) is 0 Å². The summed E-state index contributed by atoms with van der Waals surface area (Å²) in [6.07, 6.45) is 2.09. The van der Waals surface area contributed by atoms with Gasteiger partial charge in [0.15, 0.2) is 0 Å². The molecule has 2 aromatic rings. The number of amides is 2. The Hall–Kier alpha value is -3.42. The molecule has 0 unspecified atom stereocenters. The lowest BCUT2D eigenvalue weighted by molar-refractivity contribution is -0.126. The number of benzene rings is 2. The van der Waals surface area contributed by atoms with Crippen LogP contribution in [0.25, 0.3) is 0 Å². The number of nitrogens with one attached hydrogen (secondary N) is 2. The summed E-state index contributed by atoms with van der Waals surface area (Å²) in [4.78, 5) is 23.2. The van der Waals surface area contributed by atoms with Crippen molar-refractivity contribution in [2.24, 2.45) is 10.2 Å². The first-order valence-electron chi connectivity index (χ1n) is 7.69. The number of rotatable bonds is 7. The van der Waals surface area contributed by atoms with Crippen molar-refractivity contribution in [3.8, 4) is 0 Å². The van der Waals surface area contributed by atoms with Gasteiger partial charge in [-0.15, -0.1) is 0 Å². The molecule has 2 amide bonds. The van der Waals surface area contributed by atoms with Crippen molar-refractivity contribution in [3.05, 3.63) is 71.3 Å². The van der Waals surface area contributed by atoms with Crippen molar-refractivity contribution in [2.75, 3.05) is 0 Å². The maximum Gasteiger partial charge on any atom is 0.240 e. The molecule has 0 saturated carbocycles. The normalized spacial score (nSPS) is 11.0. The first-order valence-corrected chi connectivity index (χ1v) is 7.69. The first kappa shape index (κ1) is 18.9. The predicted molar refractivity (Wildman–Crippen MR) is 93.5 cm³/mol. The van der Waals surface area contributed by atoms with Crippen LogP contribution in [0, 0.1) is 11.6 Å². The molecule has 8 heteroatoms. The van der Waals surface area contributed by atoms with E-state index in [1.807, 2.05) is 0 Å². The van der Waals surface area contributed by atoms with Gasteiger partial charge in [-0.1, -0.05) is 36.4 Å². The van der Waals surface area contributed by atoms with Crippen molar-refractivity contribution in [3.63, 3.8) is 0 Å².